The Morgan fingerprint density at radius 2 is 2.16 bits per heavy atom. The van der Waals surface area contributed by atoms with Crippen molar-refractivity contribution in [2.24, 2.45) is 5.84 Å². The maximum atomic E-state index is 12.1. The first-order valence-corrected chi connectivity index (χ1v) is 7.16. The topological polar surface area (TPSA) is 80.0 Å². The fourth-order valence-corrected chi connectivity index (χ4v) is 2.19. The Morgan fingerprint density at radius 3 is 2.84 bits per heavy atom. The SMILES string of the molecule is NNc1cnccc1C(=O)Nc1ccc(I)c(Br)c1. The van der Waals surface area contributed by atoms with Crippen LogP contribution in [0.3, 0.4) is 0 Å². The zero-order valence-electron chi connectivity index (χ0n) is 9.65. The van der Waals surface area contributed by atoms with Gasteiger partial charge in [-0.25, -0.2) is 0 Å². The van der Waals surface area contributed by atoms with Crippen molar-refractivity contribution >= 4 is 55.8 Å². The predicted octanol–water partition coefficient (Wildman–Crippen LogP) is 2.99. The first kappa shape index (κ1) is 14.2. The van der Waals surface area contributed by atoms with Crippen LogP contribution in [-0.4, -0.2) is 10.9 Å². The number of carbonyl (C=O) groups is 1. The molecule has 19 heavy (non-hydrogen) atoms. The molecule has 0 unspecified atom stereocenters. The summed E-state index contributed by atoms with van der Waals surface area (Å²) in [6.45, 7) is 0. The van der Waals surface area contributed by atoms with Gasteiger partial charge in [0.05, 0.1) is 17.4 Å². The summed E-state index contributed by atoms with van der Waals surface area (Å²) >= 11 is 5.62. The molecule has 0 bridgehead atoms. The molecule has 0 saturated carbocycles. The third kappa shape index (κ3) is 3.43. The monoisotopic (exact) mass is 432 g/mol. The number of aromatic nitrogens is 1. The van der Waals surface area contributed by atoms with E-state index in [1.54, 1.807) is 12.3 Å². The lowest BCUT2D eigenvalue weighted by Gasteiger charge is -2.09. The van der Waals surface area contributed by atoms with Crippen molar-refractivity contribution in [1.29, 1.82) is 0 Å². The summed E-state index contributed by atoms with van der Waals surface area (Å²) in [5.74, 6) is 5.10. The number of nitrogens with one attached hydrogen (secondary N) is 2. The first-order chi connectivity index (χ1) is 9.11. The van der Waals surface area contributed by atoms with Crippen LogP contribution < -0.4 is 16.6 Å². The number of hydrogen-bond donors (Lipinski definition) is 3. The Bertz CT molecular complexity index is 620. The van der Waals surface area contributed by atoms with E-state index in [0.717, 1.165) is 8.04 Å². The van der Waals surface area contributed by atoms with Crippen molar-refractivity contribution in [3.63, 3.8) is 0 Å². The van der Waals surface area contributed by atoms with E-state index < -0.39 is 0 Å². The van der Waals surface area contributed by atoms with E-state index in [1.165, 1.54) is 6.20 Å². The molecule has 1 aromatic heterocycles. The van der Waals surface area contributed by atoms with Crippen LogP contribution >= 0.6 is 38.5 Å². The fraction of sp³-hybridized carbons (Fsp3) is 0. The molecule has 0 aliphatic heterocycles. The molecule has 1 aromatic carbocycles. The van der Waals surface area contributed by atoms with E-state index in [4.69, 9.17) is 5.84 Å². The van der Waals surface area contributed by atoms with Crippen molar-refractivity contribution in [3.8, 4) is 0 Å². The molecule has 5 nitrogen and oxygen atoms in total. The third-order valence-electron chi connectivity index (χ3n) is 2.40. The van der Waals surface area contributed by atoms with E-state index in [0.29, 0.717) is 16.9 Å². The second-order valence-electron chi connectivity index (χ2n) is 3.65. The van der Waals surface area contributed by atoms with E-state index >= 15 is 0 Å². The number of nitrogens with two attached hydrogens (primary N) is 1. The molecule has 0 atom stereocenters. The number of hydrogen-bond acceptors (Lipinski definition) is 4. The summed E-state index contributed by atoms with van der Waals surface area (Å²) < 4.78 is 2.00. The smallest absolute Gasteiger partial charge is 0.257 e. The molecule has 98 valence electrons. The zero-order valence-corrected chi connectivity index (χ0v) is 13.4. The van der Waals surface area contributed by atoms with E-state index in [9.17, 15) is 4.79 Å². The van der Waals surface area contributed by atoms with Crippen LogP contribution in [0.25, 0.3) is 0 Å². The highest BCUT2D eigenvalue weighted by atomic mass is 127. The standard InChI is InChI=1S/C12H10BrIN4O/c13-9-5-7(1-2-10(9)14)17-12(19)8-3-4-16-6-11(8)18-15/h1-6,18H,15H2,(H,17,19). The number of carbonyl (C=O) groups excluding carboxylic acids is 1. The Kier molecular flexibility index (Phi) is 4.72. The highest BCUT2D eigenvalue weighted by Crippen LogP contribution is 2.23. The van der Waals surface area contributed by atoms with Gasteiger partial charge in [0.1, 0.15) is 0 Å². The Labute approximate surface area is 132 Å². The molecule has 0 aliphatic carbocycles. The Balaban J connectivity index is 2.23. The second kappa shape index (κ2) is 6.31. The minimum absolute atomic E-state index is 0.247. The minimum atomic E-state index is -0.247. The molecule has 0 saturated heterocycles. The molecule has 0 radical (unpaired) electrons. The van der Waals surface area contributed by atoms with Gasteiger partial charge >= 0.3 is 0 Å². The quantitative estimate of drug-likeness (QED) is 0.395. The number of halogens is 2. The van der Waals surface area contributed by atoms with Gasteiger partial charge < -0.3 is 10.7 Å². The molecule has 2 rings (SSSR count). The number of nitrogens with zero attached hydrogens (tertiary/aromatic N) is 1. The molecule has 0 fully saturated rings. The molecule has 2 aromatic rings. The van der Waals surface area contributed by atoms with Gasteiger partial charge in [0, 0.05) is 19.9 Å². The number of amides is 1. The van der Waals surface area contributed by atoms with Gasteiger partial charge in [0.2, 0.25) is 0 Å². The van der Waals surface area contributed by atoms with Crippen molar-refractivity contribution in [2.75, 3.05) is 10.7 Å². The molecule has 1 heterocycles. The van der Waals surface area contributed by atoms with E-state index in [-0.39, 0.29) is 5.91 Å². The summed E-state index contributed by atoms with van der Waals surface area (Å²) in [5, 5.41) is 2.81. The van der Waals surface area contributed by atoms with E-state index in [2.05, 4.69) is 54.2 Å². The normalized spacial score (nSPS) is 10.1. The van der Waals surface area contributed by atoms with Crippen LogP contribution in [0.15, 0.2) is 41.1 Å². The lowest BCUT2D eigenvalue weighted by atomic mass is 10.2. The lowest BCUT2D eigenvalue weighted by molar-refractivity contribution is 0.102. The van der Waals surface area contributed by atoms with Gasteiger partial charge in [0.25, 0.3) is 5.91 Å². The average molecular weight is 433 g/mol. The Hall–Kier alpha value is -1.19. The summed E-state index contributed by atoms with van der Waals surface area (Å²) in [6.07, 6.45) is 3.04. The van der Waals surface area contributed by atoms with Crippen LogP contribution in [-0.2, 0) is 0 Å². The molecular weight excluding hydrogens is 423 g/mol. The first-order valence-electron chi connectivity index (χ1n) is 5.29. The van der Waals surface area contributed by atoms with Crippen LogP contribution in [0.2, 0.25) is 0 Å². The predicted molar refractivity (Wildman–Crippen MR) is 86.9 cm³/mol. The van der Waals surface area contributed by atoms with Crippen LogP contribution in [0.5, 0.6) is 0 Å². The number of anilines is 2. The number of nitrogen functional groups attached to an aromatic ring is 1. The minimum Gasteiger partial charge on any atom is -0.322 e. The molecule has 1 amide bonds. The fourth-order valence-electron chi connectivity index (χ4n) is 1.48. The molecule has 7 heteroatoms. The van der Waals surface area contributed by atoms with Crippen molar-refractivity contribution < 1.29 is 4.79 Å². The highest BCUT2D eigenvalue weighted by Gasteiger charge is 2.11. The van der Waals surface area contributed by atoms with Gasteiger partial charge in [0.15, 0.2) is 0 Å². The maximum Gasteiger partial charge on any atom is 0.257 e. The van der Waals surface area contributed by atoms with Crippen molar-refractivity contribution in [2.45, 2.75) is 0 Å². The third-order valence-corrected chi connectivity index (χ3v) is 4.74. The molecule has 4 N–H and O–H groups in total. The zero-order chi connectivity index (χ0) is 13.8. The van der Waals surface area contributed by atoms with Crippen molar-refractivity contribution in [3.05, 3.63) is 50.3 Å². The summed E-state index contributed by atoms with van der Waals surface area (Å²) in [7, 11) is 0. The molecular formula is C12H10BrIN4O. The Morgan fingerprint density at radius 1 is 1.37 bits per heavy atom. The number of pyridine rings is 1. The maximum absolute atomic E-state index is 12.1. The average Bonchev–Trinajstić information content (AvgIpc) is 2.43. The van der Waals surface area contributed by atoms with Crippen LogP contribution in [0, 0.1) is 3.57 Å². The van der Waals surface area contributed by atoms with Crippen LogP contribution in [0.4, 0.5) is 11.4 Å². The van der Waals surface area contributed by atoms with Gasteiger partial charge in [-0.1, -0.05) is 0 Å². The van der Waals surface area contributed by atoms with Gasteiger partial charge in [-0.2, -0.15) is 0 Å². The van der Waals surface area contributed by atoms with Gasteiger partial charge in [-0.05, 0) is 62.8 Å². The summed E-state index contributed by atoms with van der Waals surface area (Å²) in [5.41, 5.74) is 4.07. The molecule has 0 aliphatic rings. The molecule has 0 spiro atoms. The largest absolute Gasteiger partial charge is 0.322 e. The lowest BCUT2D eigenvalue weighted by Crippen LogP contribution is -2.17. The van der Waals surface area contributed by atoms with E-state index in [1.807, 2.05) is 18.2 Å². The number of rotatable bonds is 3. The van der Waals surface area contributed by atoms with Crippen molar-refractivity contribution in [1.82, 2.24) is 4.98 Å². The number of hydrazine groups is 1. The summed E-state index contributed by atoms with van der Waals surface area (Å²) in [4.78, 5) is 16.0. The number of benzene rings is 1. The van der Waals surface area contributed by atoms with Crippen LogP contribution in [0.1, 0.15) is 10.4 Å². The highest BCUT2D eigenvalue weighted by molar-refractivity contribution is 14.1. The summed E-state index contributed by atoms with van der Waals surface area (Å²) in [6, 6.07) is 7.19. The second-order valence-corrected chi connectivity index (χ2v) is 5.67. The van der Waals surface area contributed by atoms with Gasteiger partial charge in [-0.3, -0.25) is 15.6 Å². The van der Waals surface area contributed by atoms with Gasteiger partial charge in [-0.15, -0.1) is 0 Å².